The number of nitrogens with zero attached hydrogens (tertiary/aromatic N) is 5. The number of amides is 1. The minimum atomic E-state index is -0.654. The van der Waals surface area contributed by atoms with Crippen LogP contribution in [0.2, 0.25) is 0 Å². The number of nitrogen functional groups attached to an aromatic ring is 1. The van der Waals surface area contributed by atoms with Gasteiger partial charge in [-0.3, -0.25) is 18.9 Å². The topological polar surface area (TPSA) is 128 Å². The molecular weight excluding hydrogens is 501 g/mol. The van der Waals surface area contributed by atoms with Gasteiger partial charge in [-0.15, -0.1) is 0 Å². The second kappa shape index (κ2) is 12.9. The maximum atomic E-state index is 15.0. The number of carbonyl (C=O) groups excluding carboxylic acids is 2. The molecule has 1 amide bonds. The summed E-state index contributed by atoms with van der Waals surface area (Å²) in [6.45, 7) is 1.50. The predicted molar refractivity (Wildman–Crippen MR) is 147 cm³/mol. The average molecular weight is 532 g/mol. The van der Waals surface area contributed by atoms with E-state index in [9.17, 15) is 14.0 Å². The summed E-state index contributed by atoms with van der Waals surface area (Å²) in [6, 6.07) is 9.69. The summed E-state index contributed by atoms with van der Waals surface area (Å²) in [7, 11) is 3.65. The van der Waals surface area contributed by atoms with E-state index in [0.29, 0.717) is 35.0 Å². The van der Waals surface area contributed by atoms with Gasteiger partial charge in [0, 0.05) is 31.3 Å². The summed E-state index contributed by atoms with van der Waals surface area (Å²) in [5.74, 6) is 0.294. The third-order valence-corrected chi connectivity index (χ3v) is 6.30. The summed E-state index contributed by atoms with van der Waals surface area (Å²) in [5.41, 5.74) is 7.82. The van der Waals surface area contributed by atoms with E-state index in [1.165, 1.54) is 18.2 Å². The number of hydrogen-bond donors (Lipinski definition) is 2. The molecule has 4 heterocycles. The van der Waals surface area contributed by atoms with Crippen LogP contribution in [0.4, 0.5) is 16.0 Å². The van der Waals surface area contributed by atoms with Gasteiger partial charge in [-0.1, -0.05) is 18.2 Å². The lowest BCUT2D eigenvalue weighted by molar-refractivity contribution is -0.104. The first-order valence-electron chi connectivity index (χ1n) is 12.4. The van der Waals surface area contributed by atoms with E-state index in [-0.39, 0.29) is 11.6 Å². The molecule has 3 aromatic heterocycles. The van der Waals surface area contributed by atoms with Crippen LogP contribution in [0.25, 0.3) is 16.8 Å². The molecule has 1 atom stereocenters. The lowest BCUT2D eigenvalue weighted by Gasteiger charge is -2.18. The molecule has 0 saturated carbocycles. The number of methoxy groups -OCH3 is 1. The van der Waals surface area contributed by atoms with E-state index in [1.807, 2.05) is 10.6 Å². The molecule has 1 unspecified atom stereocenters. The fourth-order valence-electron chi connectivity index (χ4n) is 4.43. The normalized spacial score (nSPS) is 15.3. The highest BCUT2D eigenvalue weighted by molar-refractivity contribution is 6.04. The number of anilines is 2. The number of halogens is 1. The molecule has 10 nitrogen and oxygen atoms in total. The second-order valence-corrected chi connectivity index (χ2v) is 8.87. The molecule has 3 N–H and O–H groups in total. The fourth-order valence-corrected chi connectivity index (χ4v) is 4.43. The highest BCUT2D eigenvalue weighted by atomic mass is 19.1. The summed E-state index contributed by atoms with van der Waals surface area (Å²) in [4.78, 5) is 37.4. The molecule has 39 heavy (non-hydrogen) atoms. The van der Waals surface area contributed by atoms with E-state index >= 15 is 0 Å². The second-order valence-electron chi connectivity index (χ2n) is 8.87. The van der Waals surface area contributed by atoms with E-state index in [4.69, 9.17) is 10.7 Å². The third kappa shape index (κ3) is 6.33. The number of hydrogen-bond acceptors (Lipinski definition) is 8. The highest BCUT2D eigenvalue weighted by Gasteiger charge is 2.29. The third-order valence-electron chi connectivity index (χ3n) is 6.30. The van der Waals surface area contributed by atoms with Gasteiger partial charge in [-0.2, -0.15) is 0 Å². The number of nitrogens with one attached hydrogen (secondary N) is 1. The van der Waals surface area contributed by atoms with Crippen molar-refractivity contribution in [3.8, 4) is 11.3 Å². The summed E-state index contributed by atoms with van der Waals surface area (Å²) in [5, 5.41) is 2.60. The number of likely N-dealkylation sites (tertiary alicyclic amines) is 1. The Balaban J connectivity index is 0.000000448. The predicted octanol–water partition coefficient (Wildman–Crippen LogP) is 3.92. The molecule has 0 bridgehead atoms. The van der Waals surface area contributed by atoms with Gasteiger partial charge in [0.25, 0.3) is 5.91 Å². The van der Waals surface area contributed by atoms with Crippen LogP contribution in [0.5, 0.6) is 0 Å². The molecule has 1 saturated heterocycles. The lowest BCUT2D eigenvalue weighted by Crippen LogP contribution is -2.19. The van der Waals surface area contributed by atoms with Crippen LogP contribution in [0.15, 0.2) is 67.1 Å². The summed E-state index contributed by atoms with van der Waals surface area (Å²) < 4.78 is 21.5. The summed E-state index contributed by atoms with van der Waals surface area (Å²) in [6.07, 6.45) is 10.9. The van der Waals surface area contributed by atoms with Gasteiger partial charge in [-0.05, 0) is 56.8 Å². The molecule has 5 rings (SSSR count). The first-order chi connectivity index (χ1) is 18.9. The van der Waals surface area contributed by atoms with Crippen molar-refractivity contribution in [2.75, 3.05) is 38.4 Å². The molecule has 4 aromatic rings. The van der Waals surface area contributed by atoms with Crippen LogP contribution in [-0.2, 0) is 9.53 Å². The molecule has 1 aromatic carbocycles. The molecule has 0 radical (unpaired) electrons. The SMILES string of the molecule is CN1CCCC1c1nc(-c2ccc(C(=O)Nc3ccccn3)c(F)c2)c2c(N)nccn12.COC/C=C/C=O. The van der Waals surface area contributed by atoms with Gasteiger partial charge < -0.3 is 15.8 Å². The molecule has 1 aliphatic rings. The number of rotatable bonds is 7. The van der Waals surface area contributed by atoms with E-state index in [2.05, 4.69) is 32.0 Å². The number of aromatic nitrogens is 4. The van der Waals surface area contributed by atoms with Crippen molar-refractivity contribution < 1.29 is 18.7 Å². The minimum absolute atomic E-state index is 0.0789. The first-order valence-corrected chi connectivity index (χ1v) is 12.4. The number of allylic oxidation sites excluding steroid dienone is 1. The first kappa shape index (κ1) is 27.6. The molecular formula is C28H30FN7O3. The quantitative estimate of drug-likeness (QED) is 0.271. The highest BCUT2D eigenvalue weighted by Crippen LogP contribution is 2.35. The Morgan fingerprint density at radius 3 is 2.77 bits per heavy atom. The van der Waals surface area contributed by atoms with Crippen molar-refractivity contribution >= 4 is 29.3 Å². The molecule has 1 fully saturated rings. The molecule has 202 valence electrons. The van der Waals surface area contributed by atoms with Crippen molar-refractivity contribution in [1.29, 1.82) is 0 Å². The summed E-state index contributed by atoms with van der Waals surface area (Å²) >= 11 is 0. The Morgan fingerprint density at radius 1 is 1.26 bits per heavy atom. The van der Waals surface area contributed by atoms with E-state index in [1.54, 1.807) is 49.8 Å². The lowest BCUT2D eigenvalue weighted by atomic mass is 10.1. The number of benzene rings is 1. The van der Waals surface area contributed by atoms with Crippen LogP contribution in [0.3, 0.4) is 0 Å². The minimum Gasteiger partial charge on any atom is -0.382 e. The maximum Gasteiger partial charge on any atom is 0.259 e. The van der Waals surface area contributed by atoms with Gasteiger partial charge in [0.05, 0.1) is 18.2 Å². The monoisotopic (exact) mass is 531 g/mol. The van der Waals surface area contributed by atoms with Crippen LogP contribution in [0, 0.1) is 5.82 Å². The van der Waals surface area contributed by atoms with Gasteiger partial charge in [0.1, 0.15) is 40.8 Å². The number of carbonyl (C=O) groups is 2. The fraction of sp³-hybridized carbons (Fsp3) is 0.250. The molecule has 0 aliphatic carbocycles. The van der Waals surface area contributed by atoms with Crippen molar-refractivity contribution in [3.63, 3.8) is 0 Å². The Bertz CT molecular complexity index is 1470. The zero-order chi connectivity index (χ0) is 27.8. The van der Waals surface area contributed by atoms with Crippen LogP contribution >= 0.6 is 0 Å². The van der Waals surface area contributed by atoms with Crippen LogP contribution in [0.1, 0.15) is 35.1 Å². The van der Waals surface area contributed by atoms with Gasteiger partial charge in [0.15, 0.2) is 0 Å². The van der Waals surface area contributed by atoms with E-state index in [0.717, 1.165) is 31.5 Å². The van der Waals surface area contributed by atoms with Crippen molar-refractivity contribution in [3.05, 3.63) is 84.3 Å². The molecule has 1 aliphatic heterocycles. The number of ether oxygens (including phenoxy) is 1. The number of imidazole rings is 1. The van der Waals surface area contributed by atoms with Gasteiger partial charge in [0.2, 0.25) is 0 Å². The number of aldehydes is 1. The zero-order valence-electron chi connectivity index (χ0n) is 21.8. The smallest absolute Gasteiger partial charge is 0.259 e. The number of pyridine rings is 1. The van der Waals surface area contributed by atoms with Crippen LogP contribution < -0.4 is 11.1 Å². The maximum absolute atomic E-state index is 15.0. The largest absolute Gasteiger partial charge is 0.382 e. The zero-order valence-corrected chi connectivity index (χ0v) is 21.8. The van der Waals surface area contributed by atoms with Crippen molar-refractivity contribution in [2.45, 2.75) is 18.9 Å². The van der Waals surface area contributed by atoms with Crippen molar-refractivity contribution in [2.24, 2.45) is 0 Å². The van der Waals surface area contributed by atoms with Gasteiger partial charge in [-0.25, -0.2) is 19.3 Å². The van der Waals surface area contributed by atoms with Gasteiger partial charge >= 0.3 is 0 Å². The Labute approximate surface area is 225 Å². The Kier molecular flexibility index (Phi) is 9.08. The van der Waals surface area contributed by atoms with Crippen LogP contribution in [-0.4, -0.2) is 63.8 Å². The molecule has 11 heteroatoms. The Hall–Kier alpha value is -4.48. The average Bonchev–Trinajstić information content (AvgIpc) is 3.54. The number of fused-ring (bicyclic) bond motifs is 1. The standard InChI is InChI=1S/C23H22FN7O.C5H8O2/c1-30-11-4-5-17(30)22-29-19(20-21(25)27-10-12-31(20)22)14-7-8-15(16(24)13-14)23(32)28-18-6-2-3-9-26-18;1-7-5-3-2-4-6/h2-3,6-10,12-13,17H,4-5,11H2,1H3,(H2,25,27)(H,26,28,32);2-4H,5H2,1H3/b;3-2+. The Morgan fingerprint density at radius 2 is 2.10 bits per heavy atom. The number of nitrogens with two attached hydrogens (primary N) is 1. The van der Waals surface area contributed by atoms with Crippen molar-refractivity contribution in [1.82, 2.24) is 24.3 Å². The molecule has 0 spiro atoms. The van der Waals surface area contributed by atoms with E-state index < -0.39 is 11.7 Å².